The molecule has 0 saturated heterocycles. The second kappa shape index (κ2) is 29.9. The molecule has 0 aliphatic heterocycles. The van der Waals surface area contributed by atoms with Gasteiger partial charge in [-0.25, -0.2) is 0 Å². The van der Waals surface area contributed by atoms with E-state index < -0.39 is 0 Å². The molecular weight excluding hydrogens is 482 g/mol. The zero-order valence-corrected chi connectivity index (χ0v) is 27.2. The lowest BCUT2D eigenvalue weighted by molar-refractivity contribution is -0.890. The number of methoxy groups -OCH3 is 2. The number of nitrogens with zero attached hydrogens (tertiary/aromatic N) is 1. The van der Waals surface area contributed by atoms with Crippen LogP contribution >= 0.6 is 0 Å². The van der Waals surface area contributed by atoms with Crippen LogP contribution in [0.5, 0.6) is 0 Å². The van der Waals surface area contributed by atoms with Crippen LogP contribution in [0.2, 0.25) is 6.04 Å². The summed E-state index contributed by atoms with van der Waals surface area (Å²) in [7, 11) is 9.13. The van der Waals surface area contributed by atoms with Gasteiger partial charge in [0.1, 0.15) is 15.4 Å². The largest absolute Gasteiger partial charge is 1.00 e. The van der Waals surface area contributed by atoms with Crippen LogP contribution in [0.4, 0.5) is 0 Å². The molecule has 36 heavy (non-hydrogen) atoms. The molecule has 0 aliphatic rings. The van der Waals surface area contributed by atoms with Crippen LogP contribution in [0.25, 0.3) is 0 Å². The minimum atomic E-state index is 0. The van der Waals surface area contributed by atoms with Gasteiger partial charge in [0.25, 0.3) is 0 Å². The Labute approximate surface area is 237 Å². The number of ether oxygens (including phenoxy) is 2. The lowest BCUT2D eigenvalue weighted by atomic mass is 10.0. The molecule has 3 nitrogen and oxygen atoms in total. The Morgan fingerprint density at radius 2 is 0.806 bits per heavy atom. The van der Waals surface area contributed by atoms with Gasteiger partial charge in [-0.05, 0) is 25.7 Å². The number of quaternary nitrogens is 1. The number of unbranched alkanes of at least 4 members (excludes halogenated alkanes) is 20. The van der Waals surface area contributed by atoms with Crippen molar-refractivity contribution in [3.63, 3.8) is 0 Å². The maximum atomic E-state index is 5.26. The van der Waals surface area contributed by atoms with Crippen molar-refractivity contribution in [2.24, 2.45) is 0 Å². The Bertz CT molecular complexity index is 408. The third kappa shape index (κ3) is 29.0. The van der Waals surface area contributed by atoms with E-state index in [1.165, 1.54) is 165 Å². The Hall–Kier alpha value is 0.387. The highest BCUT2D eigenvalue weighted by Crippen LogP contribution is 2.15. The molecule has 0 spiro atoms. The van der Waals surface area contributed by atoms with Crippen molar-refractivity contribution in [1.29, 1.82) is 0 Å². The number of hydrogen-bond acceptors (Lipinski definition) is 2. The van der Waals surface area contributed by atoms with E-state index >= 15 is 0 Å². The quantitative estimate of drug-likeness (QED) is 0.0469. The molecule has 0 atom stereocenters. The van der Waals surface area contributed by atoms with E-state index in [0.717, 1.165) is 9.52 Å². The van der Waals surface area contributed by atoms with Crippen molar-refractivity contribution < 1.29 is 26.4 Å². The van der Waals surface area contributed by atoms with Crippen molar-refractivity contribution in [1.82, 2.24) is 0 Å². The summed E-state index contributed by atoms with van der Waals surface area (Å²) in [5.41, 5.74) is 0. The van der Waals surface area contributed by atoms with Crippen molar-refractivity contribution in [3.05, 3.63) is 0 Å². The van der Waals surface area contributed by atoms with Crippen LogP contribution in [-0.4, -0.2) is 61.3 Å². The number of hydrogen-bond donors (Lipinski definition) is 0. The molecular formula is C31H66ClNO2Si. The molecule has 0 aliphatic carbocycles. The zero-order valence-electron chi connectivity index (χ0n) is 25.4. The molecule has 0 aromatic rings. The molecule has 5 heteroatoms. The molecule has 0 aromatic heterocycles. The van der Waals surface area contributed by atoms with Gasteiger partial charge in [-0.1, -0.05) is 129 Å². The van der Waals surface area contributed by atoms with E-state index in [9.17, 15) is 0 Å². The van der Waals surface area contributed by atoms with Crippen LogP contribution in [0.1, 0.15) is 148 Å². The molecule has 0 heterocycles. The fraction of sp³-hybridized carbons (Fsp3) is 1.00. The highest BCUT2D eigenvalue weighted by molar-refractivity contribution is 6.36. The molecule has 0 saturated carbocycles. The standard InChI is InChI=1S/C31H66NO2Si.ClH/c1-6-7-8-9-10-11-12-13-14-15-16-17-18-19-22-25-28-32(2,3)29-26-23-20-21-24-27-30-35-31(33-4)34-5;/h31H,6-30H2,1-5H3;1H/q+1;/p-1. The van der Waals surface area contributed by atoms with Crippen LogP contribution < -0.4 is 12.4 Å². The third-order valence-corrected chi connectivity index (χ3v) is 8.99. The fourth-order valence-electron chi connectivity index (χ4n) is 5.05. The first-order chi connectivity index (χ1) is 17.1. The Balaban J connectivity index is 0. The van der Waals surface area contributed by atoms with E-state index in [1.807, 2.05) is 0 Å². The summed E-state index contributed by atoms with van der Waals surface area (Å²) in [5, 5.41) is 0. The minimum absolute atomic E-state index is 0. The highest BCUT2D eigenvalue weighted by atomic mass is 35.5. The van der Waals surface area contributed by atoms with Gasteiger partial charge in [0.15, 0.2) is 0 Å². The monoisotopic (exact) mass is 547 g/mol. The van der Waals surface area contributed by atoms with Crippen LogP contribution in [0.15, 0.2) is 0 Å². The predicted octanol–water partition coefficient (Wildman–Crippen LogP) is 6.37. The summed E-state index contributed by atoms with van der Waals surface area (Å²) in [5.74, 6) is 0.0179. The van der Waals surface area contributed by atoms with Gasteiger partial charge in [-0.15, -0.1) is 0 Å². The van der Waals surface area contributed by atoms with Crippen LogP contribution in [-0.2, 0) is 9.47 Å². The molecule has 0 rings (SSSR count). The molecule has 0 bridgehead atoms. The first-order valence-corrected chi connectivity index (χ1v) is 16.9. The Morgan fingerprint density at radius 1 is 0.500 bits per heavy atom. The van der Waals surface area contributed by atoms with Crippen molar-refractivity contribution in [2.75, 3.05) is 41.4 Å². The van der Waals surface area contributed by atoms with Gasteiger partial charge in [-0.3, -0.25) is 0 Å². The Morgan fingerprint density at radius 3 is 1.14 bits per heavy atom. The third-order valence-electron chi connectivity index (χ3n) is 7.55. The van der Waals surface area contributed by atoms with Crippen molar-refractivity contribution in [2.45, 2.75) is 160 Å². The van der Waals surface area contributed by atoms with Gasteiger partial charge in [0, 0.05) is 14.2 Å². The molecule has 2 radical (unpaired) electrons. The fourth-order valence-corrected chi connectivity index (χ4v) is 6.08. The lowest BCUT2D eigenvalue weighted by Crippen LogP contribution is -3.00. The summed E-state index contributed by atoms with van der Waals surface area (Å²) in [6.07, 6.45) is 31.6. The average molecular weight is 548 g/mol. The van der Waals surface area contributed by atoms with Gasteiger partial charge in [-0.2, -0.15) is 0 Å². The van der Waals surface area contributed by atoms with Gasteiger partial charge >= 0.3 is 0 Å². The molecule has 218 valence electrons. The Kier molecular flexibility index (Phi) is 32.0. The predicted molar refractivity (Wildman–Crippen MR) is 157 cm³/mol. The van der Waals surface area contributed by atoms with E-state index in [1.54, 1.807) is 14.2 Å². The lowest BCUT2D eigenvalue weighted by Gasteiger charge is -2.30. The number of halogens is 1. The van der Waals surface area contributed by atoms with Gasteiger partial charge in [0.05, 0.1) is 27.2 Å². The normalized spacial score (nSPS) is 11.8. The van der Waals surface area contributed by atoms with E-state index in [2.05, 4.69) is 21.0 Å². The summed E-state index contributed by atoms with van der Waals surface area (Å²) in [6.45, 7) is 5.01. The van der Waals surface area contributed by atoms with Crippen LogP contribution in [0, 0.1) is 0 Å². The first kappa shape index (κ1) is 38.5. The van der Waals surface area contributed by atoms with E-state index in [-0.39, 0.29) is 18.3 Å². The van der Waals surface area contributed by atoms with E-state index in [4.69, 9.17) is 9.47 Å². The SMILES string of the molecule is CCCCCCCCCCCCCCCCCC[N+](C)(C)CCCCCCCC[Si]C(OC)OC.[Cl-]. The van der Waals surface area contributed by atoms with E-state index in [0.29, 0.717) is 0 Å². The second-order valence-corrected chi connectivity index (χ2v) is 12.9. The highest BCUT2D eigenvalue weighted by Gasteiger charge is 2.13. The average Bonchev–Trinajstić information content (AvgIpc) is 2.85. The second-order valence-electron chi connectivity index (χ2n) is 11.6. The van der Waals surface area contributed by atoms with Crippen LogP contribution in [0.3, 0.4) is 0 Å². The summed E-state index contributed by atoms with van der Waals surface area (Å²) in [4.78, 5) is 0. The summed E-state index contributed by atoms with van der Waals surface area (Å²) >= 11 is 0. The molecule has 0 N–H and O–H groups in total. The first-order valence-electron chi connectivity index (χ1n) is 15.7. The molecule has 0 fully saturated rings. The molecule has 0 unspecified atom stereocenters. The summed E-state index contributed by atoms with van der Waals surface area (Å²) in [6, 6.07) is 1.25. The molecule has 0 aromatic carbocycles. The molecule has 0 amide bonds. The van der Waals surface area contributed by atoms with Crippen molar-refractivity contribution >= 4 is 9.52 Å². The minimum Gasteiger partial charge on any atom is -1.00 e. The summed E-state index contributed by atoms with van der Waals surface area (Å²) < 4.78 is 11.7. The van der Waals surface area contributed by atoms with Crippen molar-refractivity contribution in [3.8, 4) is 0 Å². The zero-order chi connectivity index (χ0) is 25.9. The smallest absolute Gasteiger partial charge is 0.136 e. The maximum absolute atomic E-state index is 5.26. The topological polar surface area (TPSA) is 18.5 Å². The number of rotatable bonds is 29. The van der Waals surface area contributed by atoms with Gasteiger partial charge in [0.2, 0.25) is 0 Å². The van der Waals surface area contributed by atoms with Gasteiger partial charge < -0.3 is 26.4 Å². The maximum Gasteiger partial charge on any atom is 0.136 e.